The summed E-state index contributed by atoms with van der Waals surface area (Å²) in [6, 6.07) is 9.39. The van der Waals surface area contributed by atoms with Crippen LogP contribution in [-0.2, 0) is 9.84 Å². The van der Waals surface area contributed by atoms with Gasteiger partial charge in [0.25, 0.3) is 11.6 Å². The first kappa shape index (κ1) is 19.5. The second kappa shape index (κ2) is 7.77. The highest BCUT2D eigenvalue weighted by Crippen LogP contribution is 2.31. The number of likely N-dealkylation sites (tertiary alicyclic amines) is 1. The van der Waals surface area contributed by atoms with Gasteiger partial charge in [-0.3, -0.25) is 14.9 Å². The molecule has 0 spiro atoms. The summed E-state index contributed by atoms with van der Waals surface area (Å²) in [4.78, 5) is 24.5. The van der Waals surface area contributed by atoms with Gasteiger partial charge in [0, 0.05) is 29.2 Å². The van der Waals surface area contributed by atoms with Gasteiger partial charge < -0.3 is 4.90 Å². The van der Waals surface area contributed by atoms with E-state index in [0.717, 1.165) is 31.4 Å². The molecule has 142 valence electrons. The van der Waals surface area contributed by atoms with Gasteiger partial charge in [-0.15, -0.1) is 0 Å². The third kappa shape index (κ3) is 4.03. The number of rotatable bonds is 4. The molecule has 0 bridgehead atoms. The molecule has 2 aromatic rings. The molecule has 0 saturated carbocycles. The summed E-state index contributed by atoms with van der Waals surface area (Å²) in [5.41, 5.74) is -0.473. The average Bonchev–Trinajstić information content (AvgIpc) is 2.68. The Morgan fingerprint density at radius 2 is 1.67 bits per heavy atom. The summed E-state index contributed by atoms with van der Waals surface area (Å²) < 4.78 is 26.4. The number of halogens is 1. The first-order valence-electron chi connectivity index (χ1n) is 8.39. The Kier molecular flexibility index (Phi) is 5.61. The fourth-order valence-corrected chi connectivity index (χ4v) is 4.71. The molecule has 1 aliphatic rings. The number of nitro benzene ring substituents is 1. The van der Waals surface area contributed by atoms with Crippen LogP contribution in [0, 0.1) is 10.1 Å². The average molecular weight is 453 g/mol. The molecule has 9 heteroatoms. The predicted molar refractivity (Wildman–Crippen MR) is 102 cm³/mol. The van der Waals surface area contributed by atoms with Gasteiger partial charge in [0.1, 0.15) is 4.90 Å². The summed E-state index contributed by atoms with van der Waals surface area (Å²) in [6.45, 7) is 1.21. The molecule has 0 N–H and O–H groups in total. The van der Waals surface area contributed by atoms with Crippen molar-refractivity contribution in [1.29, 1.82) is 0 Å². The lowest BCUT2D eigenvalue weighted by molar-refractivity contribution is -0.387. The highest BCUT2D eigenvalue weighted by Gasteiger charge is 2.29. The molecule has 1 aliphatic heterocycles. The molecule has 3 rings (SSSR count). The van der Waals surface area contributed by atoms with Crippen LogP contribution in [0.3, 0.4) is 0 Å². The summed E-state index contributed by atoms with van der Waals surface area (Å²) in [5.74, 6) is -0.314. The van der Waals surface area contributed by atoms with E-state index < -0.39 is 25.3 Å². The molecule has 0 atom stereocenters. The van der Waals surface area contributed by atoms with E-state index in [1.165, 1.54) is 18.2 Å². The second-order valence-corrected chi connectivity index (χ2v) is 9.08. The van der Waals surface area contributed by atoms with Crippen molar-refractivity contribution in [3.05, 3.63) is 62.6 Å². The molecular formula is C18H17BrN2O5S. The Bertz CT molecular complexity index is 983. The molecule has 0 aliphatic carbocycles. The van der Waals surface area contributed by atoms with Gasteiger partial charge in [0.05, 0.1) is 9.82 Å². The minimum Gasteiger partial charge on any atom is -0.339 e. The third-order valence-corrected chi connectivity index (χ3v) is 6.81. The van der Waals surface area contributed by atoms with Crippen LogP contribution in [0.25, 0.3) is 0 Å². The van der Waals surface area contributed by atoms with E-state index in [4.69, 9.17) is 0 Å². The quantitative estimate of drug-likeness (QED) is 0.518. The lowest BCUT2D eigenvalue weighted by Gasteiger charge is -2.26. The van der Waals surface area contributed by atoms with Crippen LogP contribution >= 0.6 is 15.9 Å². The normalized spacial score (nSPS) is 14.8. The Morgan fingerprint density at radius 3 is 2.26 bits per heavy atom. The molecule has 7 nitrogen and oxygen atoms in total. The van der Waals surface area contributed by atoms with E-state index in [0.29, 0.717) is 17.6 Å². The first-order chi connectivity index (χ1) is 12.8. The number of sulfone groups is 1. The third-order valence-electron chi connectivity index (χ3n) is 4.46. The van der Waals surface area contributed by atoms with Crippen LogP contribution in [0.5, 0.6) is 0 Å². The Balaban J connectivity index is 2.02. The largest absolute Gasteiger partial charge is 0.339 e. The maximum absolute atomic E-state index is 12.8. The summed E-state index contributed by atoms with van der Waals surface area (Å²) in [7, 11) is -4.09. The molecule has 27 heavy (non-hydrogen) atoms. The highest BCUT2D eigenvalue weighted by molar-refractivity contribution is 9.10. The van der Waals surface area contributed by atoms with Crippen molar-refractivity contribution in [2.45, 2.75) is 29.1 Å². The van der Waals surface area contributed by atoms with Gasteiger partial charge in [0.15, 0.2) is 0 Å². The van der Waals surface area contributed by atoms with Crippen LogP contribution in [0.2, 0.25) is 0 Å². The number of carbonyl (C=O) groups is 1. The molecule has 2 aromatic carbocycles. The SMILES string of the molecule is O=C(c1ccc(S(=O)(=O)c2ccc(Br)cc2)c([N+](=O)[O-])c1)N1CCCCC1. The fourth-order valence-electron chi connectivity index (χ4n) is 3.04. The summed E-state index contributed by atoms with van der Waals surface area (Å²) >= 11 is 3.22. The summed E-state index contributed by atoms with van der Waals surface area (Å²) in [5, 5.41) is 11.5. The molecule has 1 saturated heterocycles. The zero-order chi connectivity index (χ0) is 19.6. The zero-order valence-corrected chi connectivity index (χ0v) is 16.7. The van der Waals surface area contributed by atoms with Gasteiger partial charge in [0.2, 0.25) is 9.84 Å². The maximum Gasteiger partial charge on any atom is 0.289 e. The standard InChI is InChI=1S/C18H17BrN2O5S/c19-14-5-7-15(8-6-14)27(25,26)17-9-4-13(12-16(17)21(23)24)18(22)20-10-2-1-3-11-20/h4-9,12H,1-3,10-11H2. The van der Waals surface area contributed by atoms with Crippen LogP contribution in [-0.4, -0.2) is 37.2 Å². The van der Waals surface area contributed by atoms with Crippen LogP contribution in [0.1, 0.15) is 29.6 Å². The van der Waals surface area contributed by atoms with E-state index in [1.54, 1.807) is 17.0 Å². The van der Waals surface area contributed by atoms with Crippen molar-refractivity contribution in [3.63, 3.8) is 0 Å². The Morgan fingerprint density at radius 1 is 1.04 bits per heavy atom. The maximum atomic E-state index is 12.8. The van der Waals surface area contributed by atoms with Gasteiger partial charge in [-0.25, -0.2) is 8.42 Å². The Labute approximate surface area is 165 Å². The fraction of sp³-hybridized carbons (Fsp3) is 0.278. The van der Waals surface area contributed by atoms with Gasteiger partial charge in [-0.05, 0) is 55.7 Å². The van der Waals surface area contributed by atoms with Crippen LogP contribution in [0.15, 0.2) is 56.7 Å². The molecule has 0 aromatic heterocycles. The van der Waals surface area contributed by atoms with E-state index in [9.17, 15) is 23.3 Å². The number of nitrogens with zero attached hydrogens (tertiary/aromatic N) is 2. The predicted octanol–water partition coefficient (Wildman–Crippen LogP) is 3.82. The summed E-state index contributed by atoms with van der Waals surface area (Å²) in [6.07, 6.45) is 2.84. The lowest BCUT2D eigenvalue weighted by Crippen LogP contribution is -2.35. The van der Waals surface area contributed by atoms with Crippen molar-refractivity contribution < 1.29 is 18.1 Å². The molecular weight excluding hydrogens is 436 g/mol. The smallest absolute Gasteiger partial charge is 0.289 e. The topological polar surface area (TPSA) is 97.6 Å². The van der Waals surface area contributed by atoms with E-state index in [2.05, 4.69) is 15.9 Å². The molecule has 1 fully saturated rings. The lowest BCUT2D eigenvalue weighted by atomic mass is 10.1. The molecule has 0 radical (unpaired) electrons. The van der Waals surface area contributed by atoms with Crippen molar-refractivity contribution in [2.75, 3.05) is 13.1 Å². The van der Waals surface area contributed by atoms with Crippen molar-refractivity contribution in [2.24, 2.45) is 0 Å². The van der Waals surface area contributed by atoms with Gasteiger partial charge in [-0.1, -0.05) is 15.9 Å². The number of hydrogen-bond acceptors (Lipinski definition) is 5. The minimum atomic E-state index is -4.09. The van der Waals surface area contributed by atoms with Gasteiger partial charge in [-0.2, -0.15) is 0 Å². The van der Waals surface area contributed by atoms with Crippen molar-refractivity contribution >= 4 is 37.4 Å². The number of piperidine rings is 1. The second-order valence-electron chi connectivity index (χ2n) is 6.25. The van der Waals surface area contributed by atoms with Crippen LogP contribution in [0.4, 0.5) is 5.69 Å². The number of nitro groups is 1. The first-order valence-corrected chi connectivity index (χ1v) is 10.7. The Hall–Kier alpha value is -2.26. The number of benzene rings is 2. The zero-order valence-electron chi connectivity index (χ0n) is 14.3. The molecule has 1 heterocycles. The number of carbonyl (C=O) groups excluding carboxylic acids is 1. The van der Waals surface area contributed by atoms with Gasteiger partial charge >= 0.3 is 0 Å². The van der Waals surface area contributed by atoms with E-state index in [-0.39, 0.29) is 16.4 Å². The number of hydrogen-bond donors (Lipinski definition) is 0. The molecule has 0 unspecified atom stereocenters. The van der Waals surface area contributed by atoms with Crippen LogP contribution < -0.4 is 0 Å². The highest BCUT2D eigenvalue weighted by atomic mass is 79.9. The van der Waals surface area contributed by atoms with E-state index >= 15 is 0 Å². The molecule has 1 amide bonds. The van der Waals surface area contributed by atoms with Crippen molar-refractivity contribution in [1.82, 2.24) is 4.90 Å². The minimum absolute atomic E-state index is 0.0519. The monoisotopic (exact) mass is 452 g/mol. The van der Waals surface area contributed by atoms with Crippen molar-refractivity contribution in [3.8, 4) is 0 Å². The number of amides is 1. The van der Waals surface area contributed by atoms with E-state index in [1.807, 2.05) is 0 Å².